The summed E-state index contributed by atoms with van der Waals surface area (Å²) in [7, 11) is -2.33. The largest absolute Gasteiger partial charge is 0.480 e. The normalized spacial score (nSPS) is 14.7. The van der Waals surface area contributed by atoms with E-state index in [9.17, 15) is 18.3 Å². The molecular weight excluding hydrogens is 268 g/mol. The van der Waals surface area contributed by atoms with E-state index in [1.54, 1.807) is 25.1 Å². The molecule has 6 nitrogen and oxygen atoms in total. The summed E-state index contributed by atoms with van der Waals surface area (Å²) in [6, 6.07) is 6.20. The highest BCUT2D eigenvalue weighted by molar-refractivity contribution is 7.89. The Bertz CT molecular complexity index is 571. The summed E-state index contributed by atoms with van der Waals surface area (Å²) in [5.74, 6) is -1.04. The van der Waals surface area contributed by atoms with Crippen molar-refractivity contribution in [3.63, 3.8) is 0 Å². The Morgan fingerprint density at radius 1 is 1.37 bits per heavy atom. The van der Waals surface area contributed by atoms with E-state index in [4.69, 9.17) is 0 Å². The van der Waals surface area contributed by atoms with Gasteiger partial charge in [-0.15, -0.1) is 0 Å². The zero-order chi connectivity index (χ0) is 14.7. The average Bonchev–Trinajstić information content (AvgIpc) is 2.38. The van der Waals surface area contributed by atoms with Crippen molar-refractivity contribution in [2.75, 3.05) is 12.4 Å². The van der Waals surface area contributed by atoms with Gasteiger partial charge in [0.1, 0.15) is 10.4 Å². The Kier molecular flexibility index (Phi) is 4.54. The molecule has 19 heavy (non-hydrogen) atoms. The average molecular weight is 286 g/mol. The molecule has 0 spiro atoms. The summed E-state index contributed by atoms with van der Waals surface area (Å²) in [6.45, 7) is 3.23. The Morgan fingerprint density at radius 2 is 1.95 bits per heavy atom. The molecule has 0 heterocycles. The summed E-state index contributed by atoms with van der Waals surface area (Å²) in [6.07, 6.45) is 0.316. The van der Waals surface area contributed by atoms with E-state index < -0.39 is 21.5 Å². The highest BCUT2D eigenvalue weighted by Gasteiger charge is 2.32. The van der Waals surface area contributed by atoms with Crippen LogP contribution in [0.3, 0.4) is 0 Å². The molecule has 7 heteroatoms. The minimum absolute atomic E-state index is 0.0263. The van der Waals surface area contributed by atoms with E-state index in [-0.39, 0.29) is 10.6 Å². The van der Waals surface area contributed by atoms with Crippen LogP contribution in [0, 0.1) is 0 Å². The molecule has 0 saturated heterocycles. The number of carboxylic acids is 1. The third-order valence-electron chi connectivity index (χ3n) is 3.03. The van der Waals surface area contributed by atoms with Gasteiger partial charge in [-0.3, -0.25) is 0 Å². The van der Waals surface area contributed by atoms with Crippen molar-refractivity contribution in [2.24, 2.45) is 0 Å². The van der Waals surface area contributed by atoms with Crippen molar-refractivity contribution in [3.8, 4) is 0 Å². The molecule has 3 N–H and O–H groups in total. The standard InChI is InChI=1S/C12H18N2O4S/c1-4-12(2,11(15)16)14-9-7-5-6-8-10(9)19(17,18)13-3/h5-8,13-14H,4H2,1-3H3,(H,15,16). The van der Waals surface area contributed by atoms with Crippen molar-refractivity contribution in [1.29, 1.82) is 0 Å². The van der Waals surface area contributed by atoms with Crippen LogP contribution >= 0.6 is 0 Å². The van der Waals surface area contributed by atoms with Gasteiger partial charge in [-0.2, -0.15) is 0 Å². The Hall–Kier alpha value is -1.60. The van der Waals surface area contributed by atoms with E-state index in [0.29, 0.717) is 6.42 Å². The maximum Gasteiger partial charge on any atom is 0.329 e. The molecule has 0 aliphatic heterocycles. The van der Waals surface area contributed by atoms with Gasteiger partial charge in [-0.1, -0.05) is 19.1 Å². The van der Waals surface area contributed by atoms with Gasteiger partial charge in [0, 0.05) is 0 Å². The molecular formula is C12H18N2O4S. The highest BCUT2D eigenvalue weighted by Crippen LogP contribution is 2.25. The van der Waals surface area contributed by atoms with Gasteiger partial charge >= 0.3 is 5.97 Å². The maximum atomic E-state index is 11.9. The second-order valence-electron chi connectivity index (χ2n) is 4.32. The van der Waals surface area contributed by atoms with Crippen LogP contribution in [0.2, 0.25) is 0 Å². The van der Waals surface area contributed by atoms with Crippen LogP contribution in [0.25, 0.3) is 0 Å². The second-order valence-corrected chi connectivity index (χ2v) is 6.17. The molecule has 106 valence electrons. The quantitative estimate of drug-likeness (QED) is 0.731. The van der Waals surface area contributed by atoms with E-state index in [2.05, 4.69) is 10.0 Å². The molecule has 0 aromatic heterocycles. The minimum atomic E-state index is -3.64. The number of hydrogen-bond acceptors (Lipinski definition) is 4. The molecule has 1 atom stereocenters. The molecule has 1 unspecified atom stereocenters. The van der Waals surface area contributed by atoms with Crippen LogP contribution in [0.15, 0.2) is 29.2 Å². The van der Waals surface area contributed by atoms with Crippen molar-refractivity contribution >= 4 is 21.7 Å². The van der Waals surface area contributed by atoms with Crippen molar-refractivity contribution in [1.82, 2.24) is 4.72 Å². The molecule has 0 aliphatic carbocycles. The number of hydrogen-bond donors (Lipinski definition) is 3. The van der Waals surface area contributed by atoms with E-state index in [0.717, 1.165) is 0 Å². The lowest BCUT2D eigenvalue weighted by atomic mass is 9.99. The Labute approximate surface area is 112 Å². The first kappa shape index (κ1) is 15.5. The fourth-order valence-electron chi connectivity index (χ4n) is 1.50. The Morgan fingerprint density at radius 3 is 2.42 bits per heavy atom. The predicted molar refractivity (Wildman–Crippen MR) is 72.6 cm³/mol. The van der Waals surface area contributed by atoms with Gasteiger partial charge in [-0.05, 0) is 32.5 Å². The summed E-state index contributed by atoms with van der Waals surface area (Å²) in [4.78, 5) is 11.3. The number of rotatable bonds is 6. The van der Waals surface area contributed by atoms with E-state index in [1.165, 1.54) is 20.0 Å². The third kappa shape index (κ3) is 3.24. The van der Waals surface area contributed by atoms with Crippen LogP contribution < -0.4 is 10.0 Å². The monoisotopic (exact) mass is 286 g/mol. The second kappa shape index (κ2) is 5.58. The molecule has 1 aromatic carbocycles. The van der Waals surface area contributed by atoms with Crippen molar-refractivity contribution < 1.29 is 18.3 Å². The lowest BCUT2D eigenvalue weighted by Crippen LogP contribution is -2.43. The third-order valence-corrected chi connectivity index (χ3v) is 4.51. The molecule has 0 fully saturated rings. The van der Waals surface area contributed by atoms with Crippen molar-refractivity contribution in [2.45, 2.75) is 30.7 Å². The summed E-state index contributed by atoms with van der Waals surface area (Å²) >= 11 is 0. The topological polar surface area (TPSA) is 95.5 Å². The van der Waals surface area contributed by atoms with Crippen LogP contribution in [0.1, 0.15) is 20.3 Å². The number of aliphatic carboxylic acids is 1. The number of sulfonamides is 1. The first-order valence-electron chi connectivity index (χ1n) is 5.81. The lowest BCUT2D eigenvalue weighted by molar-refractivity contribution is -0.141. The lowest BCUT2D eigenvalue weighted by Gasteiger charge is -2.27. The van der Waals surface area contributed by atoms with Crippen LogP contribution in [-0.4, -0.2) is 32.1 Å². The number of anilines is 1. The van der Waals surface area contributed by atoms with E-state index >= 15 is 0 Å². The molecule has 0 aliphatic rings. The maximum absolute atomic E-state index is 11.9. The van der Waals surface area contributed by atoms with Gasteiger partial charge in [0.2, 0.25) is 10.0 Å². The summed E-state index contributed by atoms with van der Waals surface area (Å²) < 4.78 is 26.0. The molecule has 0 saturated carbocycles. The van der Waals surface area contributed by atoms with E-state index in [1.807, 2.05) is 0 Å². The zero-order valence-electron chi connectivity index (χ0n) is 11.1. The highest BCUT2D eigenvalue weighted by atomic mass is 32.2. The van der Waals surface area contributed by atoms with Gasteiger partial charge < -0.3 is 10.4 Å². The van der Waals surface area contributed by atoms with Crippen LogP contribution in [0.5, 0.6) is 0 Å². The number of benzene rings is 1. The first-order valence-corrected chi connectivity index (χ1v) is 7.29. The number of para-hydroxylation sites is 1. The smallest absolute Gasteiger partial charge is 0.329 e. The molecule has 1 rings (SSSR count). The van der Waals surface area contributed by atoms with Gasteiger partial charge in [-0.25, -0.2) is 17.9 Å². The number of carboxylic acid groups (broad SMARTS) is 1. The molecule has 1 aromatic rings. The fourth-order valence-corrected chi connectivity index (χ4v) is 2.39. The van der Waals surface area contributed by atoms with Gasteiger partial charge in [0.15, 0.2) is 0 Å². The van der Waals surface area contributed by atoms with Gasteiger partial charge in [0.05, 0.1) is 5.69 Å². The fraction of sp³-hybridized carbons (Fsp3) is 0.417. The number of nitrogens with one attached hydrogen (secondary N) is 2. The zero-order valence-corrected chi connectivity index (χ0v) is 11.9. The van der Waals surface area contributed by atoms with Crippen LogP contribution in [-0.2, 0) is 14.8 Å². The van der Waals surface area contributed by atoms with Crippen molar-refractivity contribution in [3.05, 3.63) is 24.3 Å². The minimum Gasteiger partial charge on any atom is -0.480 e. The predicted octanol–water partition coefficient (Wildman–Crippen LogP) is 1.26. The molecule has 0 bridgehead atoms. The first-order chi connectivity index (χ1) is 8.77. The van der Waals surface area contributed by atoms with Crippen LogP contribution in [0.4, 0.5) is 5.69 Å². The number of carbonyl (C=O) groups is 1. The summed E-state index contributed by atoms with van der Waals surface area (Å²) in [5.41, 5.74) is -0.956. The molecule has 0 amide bonds. The Balaban J connectivity index is 3.27. The van der Waals surface area contributed by atoms with Gasteiger partial charge in [0.25, 0.3) is 0 Å². The SMILES string of the molecule is CCC(C)(Nc1ccccc1S(=O)(=O)NC)C(=O)O. The summed E-state index contributed by atoms with van der Waals surface area (Å²) in [5, 5.41) is 12.0. The molecule has 0 radical (unpaired) electrons.